The van der Waals surface area contributed by atoms with E-state index in [0.717, 1.165) is 11.1 Å². The summed E-state index contributed by atoms with van der Waals surface area (Å²) in [5.41, 5.74) is 1.98. The molecule has 0 atom stereocenters. The Kier molecular flexibility index (Phi) is 6.44. The maximum Gasteiger partial charge on any atom is 0.228 e. The van der Waals surface area contributed by atoms with Crippen LogP contribution >= 0.6 is 11.3 Å². The van der Waals surface area contributed by atoms with Crippen LogP contribution in [0.2, 0.25) is 0 Å². The molecule has 150 valence electrons. The fourth-order valence-corrected chi connectivity index (χ4v) is 3.75. The average Bonchev–Trinajstić information content (AvgIpc) is 3.15. The number of thiazole rings is 1. The number of carbonyl (C=O) groups excluding carboxylic acids is 2. The van der Waals surface area contributed by atoms with Crippen molar-refractivity contribution in [2.45, 2.75) is 32.7 Å². The molecular formula is C23H25N3O2S. The largest absolute Gasteiger partial charge is 0.342 e. The molecule has 0 aliphatic heterocycles. The lowest BCUT2D eigenvalue weighted by molar-refractivity contribution is -0.122. The van der Waals surface area contributed by atoms with Crippen molar-refractivity contribution in [3.8, 4) is 0 Å². The Morgan fingerprint density at radius 1 is 1.00 bits per heavy atom. The summed E-state index contributed by atoms with van der Waals surface area (Å²) in [6.07, 6.45) is 0.142. The van der Waals surface area contributed by atoms with Crippen LogP contribution < -0.4 is 10.6 Å². The fourth-order valence-electron chi connectivity index (χ4n) is 3.04. The normalized spacial score (nSPS) is 11.3. The summed E-state index contributed by atoms with van der Waals surface area (Å²) in [6.45, 7) is 5.65. The number of nitrogens with zero attached hydrogens (tertiary/aromatic N) is 1. The standard InChI is InChI=1S/C23H25N3O2S/c1-16(2)21(28)25-22-24-19(15-29-22)14-20(27)26-23(3,17-10-6-4-7-11-17)18-12-8-5-9-13-18/h4-13,15-16H,14H2,1-3H3,(H,26,27)(H,24,25,28). The Morgan fingerprint density at radius 3 is 2.07 bits per heavy atom. The van der Waals surface area contributed by atoms with E-state index in [-0.39, 0.29) is 24.2 Å². The predicted molar refractivity (Wildman–Crippen MR) is 117 cm³/mol. The van der Waals surface area contributed by atoms with Gasteiger partial charge in [-0.15, -0.1) is 11.3 Å². The second kappa shape index (κ2) is 9.01. The lowest BCUT2D eigenvalue weighted by atomic mass is 9.84. The van der Waals surface area contributed by atoms with E-state index in [1.807, 2.05) is 81.4 Å². The molecule has 29 heavy (non-hydrogen) atoms. The number of hydrogen-bond acceptors (Lipinski definition) is 4. The molecular weight excluding hydrogens is 382 g/mol. The summed E-state index contributed by atoms with van der Waals surface area (Å²) in [6, 6.07) is 19.8. The van der Waals surface area contributed by atoms with E-state index in [2.05, 4.69) is 15.6 Å². The van der Waals surface area contributed by atoms with Crippen LogP contribution in [-0.4, -0.2) is 16.8 Å². The number of anilines is 1. The summed E-state index contributed by atoms with van der Waals surface area (Å²) >= 11 is 1.32. The zero-order valence-electron chi connectivity index (χ0n) is 16.8. The lowest BCUT2D eigenvalue weighted by Gasteiger charge is -2.32. The third-order valence-electron chi connectivity index (χ3n) is 4.74. The SMILES string of the molecule is CC(C)C(=O)Nc1nc(CC(=O)NC(C)(c2ccccc2)c2ccccc2)cs1. The second-order valence-corrected chi connectivity index (χ2v) is 8.23. The maximum absolute atomic E-state index is 12.9. The summed E-state index contributed by atoms with van der Waals surface area (Å²) in [4.78, 5) is 29.1. The van der Waals surface area contributed by atoms with Crippen molar-refractivity contribution in [1.82, 2.24) is 10.3 Å². The van der Waals surface area contributed by atoms with Gasteiger partial charge in [-0.05, 0) is 18.1 Å². The van der Waals surface area contributed by atoms with Crippen molar-refractivity contribution >= 4 is 28.3 Å². The van der Waals surface area contributed by atoms with Crippen LogP contribution in [0.15, 0.2) is 66.0 Å². The molecule has 6 heteroatoms. The molecule has 5 nitrogen and oxygen atoms in total. The molecule has 0 fully saturated rings. The first-order valence-corrected chi connectivity index (χ1v) is 10.4. The highest BCUT2D eigenvalue weighted by Crippen LogP contribution is 2.29. The number of aromatic nitrogens is 1. The summed E-state index contributed by atoms with van der Waals surface area (Å²) < 4.78 is 0. The van der Waals surface area contributed by atoms with Crippen LogP contribution in [0.5, 0.6) is 0 Å². The summed E-state index contributed by atoms with van der Waals surface area (Å²) in [7, 11) is 0. The van der Waals surface area contributed by atoms with Gasteiger partial charge in [-0.1, -0.05) is 74.5 Å². The first-order valence-electron chi connectivity index (χ1n) is 9.56. The zero-order chi connectivity index (χ0) is 20.9. The molecule has 0 unspecified atom stereocenters. The van der Waals surface area contributed by atoms with Crippen LogP contribution in [-0.2, 0) is 21.5 Å². The van der Waals surface area contributed by atoms with Crippen molar-refractivity contribution in [2.75, 3.05) is 5.32 Å². The number of carbonyl (C=O) groups is 2. The predicted octanol–water partition coefficient (Wildman–Crippen LogP) is 4.36. The van der Waals surface area contributed by atoms with Gasteiger partial charge in [0.1, 0.15) is 0 Å². The van der Waals surface area contributed by atoms with Crippen LogP contribution in [0, 0.1) is 5.92 Å². The maximum atomic E-state index is 12.9. The number of benzene rings is 2. The number of hydrogen-bond donors (Lipinski definition) is 2. The highest BCUT2D eigenvalue weighted by molar-refractivity contribution is 7.13. The van der Waals surface area contributed by atoms with Gasteiger partial charge in [0.15, 0.2) is 5.13 Å². The Morgan fingerprint density at radius 2 is 1.55 bits per heavy atom. The number of rotatable bonds is 7. The van der Waals surface area contributed by atoms with Gasteiger partial charge in [-0.3, -0.25) is 9.59 Å². The van der Waals surface area contributed by atoms with Gasteiger partial charge in [0.2, 0.25) is 11.8 Å². The van der Waals surface area contributed by atoms with E-state index in [1.54, 1.807) is 5.38 Å². The number of nitrogens with one attached hydrogen (secondary N) is 2. The average molecular weight is 408 g/mol. The van der Waals surface area contributed by atoms with Crippen molar-refractivity contribution in [1.29, 1.82) is 0 Å². The lowest BCUT2D eigenvalue weighted by Crippen LogP contribution is -2.45. The van der Waals surface area contributed by atoms with Crippen LogP contribution in [0.3, 0.4) is 0 Å². The quantitative estimate of drug-likeness (QED) is 0.611. The molecule has 2 amide bonds. The van der Waals surface area contributed by atoms with E-state index in [0.29, 0.717) is 10.8 Å². The van der Waals surface area contributed by atoms with Crippen LogP contribution in [0.4, 0.5) is 5.13 Å². The Hall–Kier alpha value is -2.99. The molecule has 2 N–H and O–H groups in total. The van der Waals surface area contributed by atoms with Gasteiger partial charge >= 0.3 is 0 Å². The zero-order valence-corrected chi connectivity index (χ0v) is 17.6. The van der Waals surface area contributed by atoms with Crippen molar-refractivity contribution in [3.63, 3.8) is 0 Å². The molecule has 1 heterocycles. The third kappa shape index (κ3) is 5.09. The Balaban J connectivity index is 1.76. The third-order valence-corrected chi connectivity index (χ3v) is 5.55. The van der Waals surface area contributed by atoms with Gasteiger partial charge in [-0.25, -0.2) is 4.98 Å². The highest BCUT2D eigenvalue weighted by Gasteiger charge is 2.30. The van der Waals surface area contributed by atoms with Gasteiger partial charge in [-0.2, -0.15) is 0 Å². The molecule has 2 aromatic carbocycles. The summed E-state index contributed by atoms with van der Waals surface area (Å²) in [5.74, 6) is -0.341. The minimum atomic E-state index is -0.662. The van der Waals surface area contributed by atoms with Crippen LogP contribution in [0.25, 0.3) is 0 Å². The van der Waals surface area contributed by atoms with E-state index in [1.165, 1.54) is 11.3 Å². The monoisotopic (exact) mass is 407 g/mol. The fraction of sp³-hybridized carbons (Fsp3) is 0.261. The molecule has 0 aliphatic rings. The molecule has 3 rings (SSSR count). The number of amides is 2. The smallest absolute Gasteiger partial charge is 0.228 e. The minimum Gasteiger partial charge on any atom is -0.342 e. The first-order chi connectivity index (χ1) is 13.9. The Bertz CT molecular complexity index is 929. The van der Waals surface area contributed by atoms with Crippen molar-refractivity contribution in [2.24, 2.45) is 5.92 Å². The molecule has 0 saturated carbocycles. The molecule has 0 aliphatic carbocycles. The molecule has 1 aromatic heterocycles. The molecule has 3 aromatic rings. The summed E-state index contributed by atoms with van der Waals surface area (Å²) in [5, 5.41) is 8.27. The Labute approximate surface area is 175 Å². The second-order valence-electron chi connectivity index (χ2n) is 7.37. The van der Waals surface area contributed by atoms with Crippen molar-refractivity contribution < 1.29 is 9.59 Å². The van der Waals surface area contributed by atoms with Crippen LogP contribution in [0.1, 0.15) is 37.6 Å². The van der Waals surface area contributed by atoms with E-state index in [4.69, 9.17) is 0 Å². The molecule has 0 spiro atoms. The minimum absolute atomic E-state index is 0.0870. The highest BCUT2D eigenvalue weighted by atomic mass is 32.1. The van der Waals surface area contributed by atoms with Gasteiger partial charge in [0.05, 0.1) is 17.7 Å². The van der Waals surface area contributed by atoms with Gasteiger partial charge in [0, 0.05) is 11.3 Å². The van der Waals surface area contributed by atoms with Gasteiger partial charge < -0.3 is 10.6 Å². The molecule has 0 saturated heterocycles. The van der Waals surface area contributed by atoms with Gasteiger partial charge in [0.25, 0.3) is 0 Å². The van der Waals surface area contributed by atoms with E-state index in [9.17, 15) is 9.59 Å². The first kappa shape index (κ1) is 20.7. The van der Waals surface area contributed by atoms with Crippen molar-refractivity contribution in [3.05, 3.63) is 82.9 Å². The van der Waals surface area contributed by atoms with E-state index < -0.39 is 5.54 Å². The molecule has 0 radical (unpaired) electrons. The topological polar surface area (TPSA) is 71.1 Å². The van der Waals surface area contributed by atoms with E-state index >= 15 is 0 Å². The molecule has 0 bridgehead atoms.